The molecule has 0 aliphatic heterocycles. The summed E-state index contributed by atoms with van der Waals surface area (Å²) in [4.78, 5) is 29.2. The first-order chi connectivity index (χ1) is 15.6. The van der Waals surface area contributed by atoms with Crippen molar-refractivity contribution in [1.29, 1.82) is 0 Å². The molecule has 7 N–H and O–H groups in total. The smallest absolute Gasteiger partial charge is 0.426 e. The van der Waals surface area contributed by atoms with Crippen LogP contribution in [0.4, 0.5) is 0 Å². The van der Waals surface area contributed by atoms with E-state index in [1.807, 2.05) is 32.9 Å². The van der Waals surface area contributed by atoms with Crippen molar-refractivity contribution >= 4 is 24.9 Å². The number of amides is 2. The van der Waals surface area contributed by atoms with Crippen LogP contribution in [0.3, 0.4) is 0 Å². The van der Waals surface area contributed by atoms with Crippen molar-refractivity contribution in [2.45, 2.75) is 71.3 Å². The highest BCUT2D eigenvalue weighted by molar-refractivity contribution is 6.43. The number of nitrogens with one attached hydrogen (secondary N) is 3. The van der Waals surface area contributed by atoms with Gasteiger partial charge in [0.25, 0.3) is 0 Å². The van der Waals surface area contributed by atoms with Gasteiger partial charge in [0.1, 0.15) is 6.04 Å². The van der Waals surface area contributed by atoms with Crippen molar-refractivity contribution in [2.75, 3.05) is 13.6 Å². The van der Waals surface area contributed by atoms with Gasteiger partial charge >= 0.3 is 7.12 Å². The van der Waals surface area contributed by atoms with E-state index in [4.69, 9.17) is 5.73 Å². The first-order valence-electron chi connectivity index (χ1n) is 11.6. The quantitative estimate of drug-likeness (QED) is 0.104. The van der Waals surface area contributed by atoms with Gasteiger partial charge in [0.2, 0.25) is 11.8 Å². The van der Waals surface area contributed by atoms with Crippen LogP contribution in [0.15, 0.2) is 29.3 Å². The normalized spacial score (nSPS) is 13.4. The maximum absolute atomic E-state index is 12.9. The molecular weight excluding hydrogens is 421 g/mol. The highest BCUT2D eigenvalue weighted by Gasteiger charge is 2.29. The lowest BCUT2D eigenvalue weighted by Crippen LogP contribution is -2.54. The molecule has 1 aromatic carbocycles. The second kappa shape index (κ2) is 15.3. The van der Waals surface area contributed by atoms with Crippen molar-refractivity contribution in [3.8, 4) is 0 Å². The SMILES string of the molecule is CN=C(N)NCCC[C@H](NC(=O)CCCc1ccc(C)cc1)C(=O)N[C@@H](CC(C)C)B(O)O. The maximum atomic E-state index is 12.9. The van der Waals surface area contributed by atoms with Crippen LogP contribution < -0.4 is 21.7 Å². The molecule has 0 spiro atoms. The molecule has 9 nitrogen and oxygen atoms in total. The summed E-state index contributed by atoms with van der Waals surface area (Å²) in [6, 6.07) is 7.41. The van der Waals surface area contributed by atoms with Crippen molar-refractivity contribution in [3.63, 3.8) is 0 Å². The summed E-state index contributed by atoms with van der Waals surface area (Å²) in [5, 5.41) is 27.7. The van der Waals surface area contributed by atoms with Gasteiger partial charge < -0.3 is 31.7 Å². The van der Waals surface area contributed by atoms with Crippen LogP contribution >= 0.6 is 0 Å². The minimum absolute atomic E-state index is 0.160. The molecule has 0 bridgehead atoms. The molecule has 0 aromatic heterocycles. The predicted octanol–water partition coefficient (Wildman–Crippen LogP) is 0.660. The Morgan fingerprint density at radius 3 is 2.36 bits per heavy atom. The minimum atomic E-state index is -1.68. The summed E-state index contributed by atoms with van der Waals surface area (Å²) in [5.41, 5.74) is 7.98. The van der Waals surface area contributed by atoms with Crippen LogP contribution in [-0.4, -0.2) is 60.5 Å². The van der Waals surface area contributed by atoms with Gasteiger partial charge in [-0.05, 0) is 50.5 Å². The van der Waals surface area contributed by atoms with E-state index in [0.29, 0.717) is 44.6 Å². The van der Waals surface area contributed by atoms with Crippen LogP contribution in [-0.2, 0) is 16.0 Å². The van der Waals surface area contributed by atoms with Crippen LogP contribution in [0.1, 0.15) is 57.1 Å². The number of rotatable bonds is 14. The molecule has 0 heterocycles. The maximum Gasteiger partial charge on any atom is 0.475 e. The summed E-state index contributed by atoms with van der Waals surface area (Å²) in [6.45, 7) is 6.39. The molecule has 2 atom stereocenters. The van der Waals surface area contributed by atoms with Gasteiger partial charge in [0.15, 0.2) is 5.96 Å². The number of carbonyl (C=O) groups excluding carboxylic acids is 2. The fourth-order valence-corrected chi connectivity index (χ4v) is 3.39. The highest BCUT2D eigenvalue weighted by atomic mass is 16.4. The Morgan fingerprint density at radius 1 is 1.12 bits per heavy atom. The molecule has 0 radical (unpaired) electrons. The number of aliphatic imine (C=N–C) groups is 1. The van der Waals surface area contributed by atoms with Gasteiger partial charge in [-0.25, -0.2) is 0 Å². The monoisotopic (exact) mass is 461 g/mol. The van der Waals surface area contributed by atoms with E-state index >= 15 is 0 Å². The number of benzene rings is 1. The Morgan fingerprint density at radius 2 is 1.79 bits per heavy atom. The summed E-state index contributed by atoms with van der Waals surface area (Å²) >= 11 is 0. The van der Waals surface area contributed by atoms with Crippen molar-refractivity contribution in [3.05, 3.63) is 35.4 Å². The van der Waals surface area contributed by atoms with E-state index in [9.17, 15) is 19.6 Å². The number of hydrogen-bond acceptors (Lipinski definition) is 5. The second-order valence-electron chi connectivity index (χ2n) is 8.80. The fraction of sp³-hybridized carbons (Fsp3) is 0.609. The van der Waals surface area contributed by atoms with Gasteiger partial charge in [0, 0.05) is 20.0 Å². The van der Waals surface area contributed by atoms with Gasteiger partial charge in [0.05, 0.1) is 5.94 Å². The number of guanidine groups is 1. The Bertz CT molecular complexity index is 756. The summed E-state index contributed by atoms with van der Waals surface area (Å²) in [5.74, 6) is -0.990. The molecule has 0 saturated heterocycles. The largest absolute Gasteiger partial charge is 0.475 e. The number of nitrogens with zero attached hydrogens (tertiary/aromatic N) is 1. The Labute approximate surface area is 197 Å². The van der Waals surface area contributed by atoms with Gasteiger partial charge in [-0.2, -0.15) is 0 Å². The molecule has 2 amide bonds. The molecule has 184 valence electrons. The average molecular weight is 461 g/mol. The van der Waals surface area contributed by atoms with Crippen LogP contribution in [0.25, 0.3) is 0 Å². The van der Waals surface area contributed by atoms with Crippen molar-refractivity contribution < 1.29 is 19.6 Å². The first-order valence-corrected chi connectivity index (χ1v) is 11.6. The number of carbonyl (C=O) groups is 2. The van der Waals surface area contributed by atoms with E-state index in [2.05, 4.69) is 33.1 Å². The molecule has 1 aromatic rings. The third-order valence-electron chi connectivity index (χ3n) is 5.27. The predicted molar refractivity (Wildman–Crippen MR) is 132 cm³/mol. The molecule has 33 heavy (non-hydrogen) atoms. The Hall–Kier alpha value is -2.59. The Balaban J connectivity index is 2.67. The molecule has 0 fully saturated rings. The lowest BCUT2D eigenvalue weighted by molar-refractivity contribution is -0.129. The van der Waals surface area contributed by atoms with E-state index in [1.165, 1.54) is 5.56 Å². The number of hydrogen-bond donors (Lipinski definition) is 6. The van der Waals surface area contributed by atoms with E-state index in [-0.39, 0.29) is 11.8 Å². The van der Waals surface area contributed by atoms with Crippen LogP contribution in [0.5, 0.6) is 0 Å². The molecular formula is C23H40BN5O4. The molecule has 10 heteroatoms. The minimum Gasteiger partial charge on any atom is -0.426 e. The molecule has 0 saturated carbocycles. The zero-order valence-electron chi connectivity index (χ0n) is 20.3. The number of nitrogens with two attached hydrogens (primary N) is 1. The van der Waals surface area contributed by atoms with Crippen molar-refractivity contribution in [1.82, 2.24) is 16.0 Å². The summed E-state index contributed by atoms with van der Waals surface area (Å²) in [6.07, 6.45) is 3.08. The molecule has 0 unspecified atom stereocenters. The van der Waals surface area contributed by atoms with Crippen molar-refractivity contribution in [2.24, 2.45) is 16.6 Å². The third kappa shape index (κ3) is 12.3. The van der Waals surface area contributed by atoms with Gasteiger partial charge in [-0.15, -0.1) is 0 Å². The van der Waals surface area contributed by atoms with Crippen LogP contribution in [0.2, 0.25) is 0 Å². The molecule has 0 aliphatic carbocycles. The topological polar surface area (TPSA) is 149 Å². The average Bonchev–Trinajstić information content (AvgIpc) is 2.76. The van der Waals surface area contributed by atoms with E-state index in [0.717, 1.165) is 12.0 Å². The Kier molecular flexibility index (Phi) is 13.2. The lowest BCUT2D eigenvalue weighted by atomic mass is 9.75. The zero-order valence-corrected chi connectivity index (χ0v) is 20.3. The standard InChI is InChI=1S/C23H40BN5O4/c1-16(2)15-20(24(32)33)29-22(31)19(8-6-14-27-23(25)26-4)28-21(30)9-5-7-18-12-10-17(3)11-13-18/h10-13,16,19-20,32-33H,5-9,14-15H2,1-4H3,(H,28,30)(H,29,31)(H3,25,26,27)/t19-,20-/m0/s1. The highest BCUT2D eigenvalue weighted by Crippen LogP contribution is 2.09. The number of aryl methyl sites for hydroxylation is 2. The van der Waals surface area contributed by atoms with E-state index in [1.54, 1.807) is 7.05 Å². The second-order valence-corrected chi connectivity index (χ2v) is 8.80. The summed E-state index contributed by atoms with van der Waals surface area (Å²) in [7, 11) is -0.103. The van der Waals surface area contributed by atoms with Crippen LogP contribution in [0, 0.1) is 12.8 Å². The fourth-order valence-electron chi connectivity index (χ4n) is 3.39. The van der Waals surface area contributed by atoms with Gasteiger partial charge in [-0.1, -0.05) is 43.7 Å². The third-order valence-corrected chi connectivity index (χ3v) is 5.27. The first kappa shape index (κ1) is 28.4. The van der Waals surface area contributed by atoms with E-state index < -0.39 is 25.0 Å². The zero-order chi connectivity index (χ0) is 24.8. The molecule has 1 rings (SSSR count). The molecule has 0 aliphatic rings. The lowest BCUT2D eigenvalue weighted by Gasteiger charge is -2.24. The summed E-state index contributed by atoms with van der Waals surface area (Å²) < 4.78 is 0. The van der Waals surface area contributed by atoms with Gasteiger partial charge in [-0.3, -0.25) is 14.6 Å².